The second kappa shape index (κ2) is 5.31. The van der Waals surface area contributed by atoms with Gasteiger partial charge in [-0.05, 0) is 67.7 Å². The van der Waals surface area contributed by atoms with Gasteiger partial charge in [0.05, 0.1) is 5.56 Å². The summed E-state index contributed by atoms with van der Waals surface area (Å²) in [5.41, 5.74) is 0.732. The summed E-state index contributed by atoms with van der Waals surface area (Å²) in [4.78, 5) is 16.9. The monoisotopic (exact) mass is 302 g/mol. The van der Waals surface area contributed by atoms with Crippen LogP contribution in [0.2, 0.25) is 0 Å². The molecule has 112 valence electrons. The Kier molecular flexibility index (Phi) is 3.44. The van der Waals surface area contributed by atoms with Crippen LogP contribution in [0.5, 0.6) is 0 Å². The number of fused-ring (bicyclic) bond motifs is 5. The zero-order valence-corrected chi connectivity index (χ0v) is 13.2. The van der Waals surface area contributed by atoms with Crippen molar-refractivity contribution in [2.75, 3.05) is 6.26 Å². The summed E-state index contributed by atoms with van der Waals surface area (Å²) in [5, 5.41) is 4.15. The lowest BCUT2D eigenvalue weighted by molar-refractivity contribution is 0.0897. The van der Waals surface area contributed by atoms with Gasteiger partial charge in [-0.3, -0.25) is 4.79 Å². The first-order chi connectivity index (χ1) is 10.3. The molecule has 3 aliphatic rings. The molecule has 0 saturated heterocycles. The highest BCUT2D eigenvalue weighted by molar-refractivity contribution is 7.98. The van der Waals surface area contributed by atoms with Crippen molar-refractivity contribution in [3.05, 3.63) is 23.9 Å². The molecular formula is C17H22N2OS. The lowest BCUT2D eigenvalue weighted by atomic mass is 9.79. The molecule has 0 unspecified atom stereocenters. The van der Waals surface area contributed by atoms with Crippen LogP contribution in [0.25, 0.3) is 0 Å². The number of amides is 1. The highest BCUT2D eigenvalue weighted by atomic mass is 32.2. The van der Waals surface area contributed by atoms with Crippen LogP contribution < -0.4 is 5.32 Å². The van der Waals surface area contributed by atoms with Gasteiger partial charge in [-0.25, -0.2) is 4.98 Å². The summed E-state index contributed by atoms with van der Waals surface area (Å²) in [5.74, 6) is 3.55. The third-order valence-corrected chi connectivity index (χ3v) is 6.67. The van der Waals surface area contributed by atoms with Gasteiger partial charge >= 0.3 is 0 Å². The van der Waals surface area contributed by atoms with Gasteiger partial charge in [0.15, 0.2) is 0 Å². The van der Waals surface area contributed by atoms with Gasteiger partial charge in [0.25, 0.3) is 5.91 Å². The Morgan fingerprint density at radius 2 is 2.14 bits per heavy atom. The fraction of sp³-hybridized carbons (Fsp3) is 0.647. The fourth-order valence-electron chi connectivity index (χ4n) is 5.21. The first-order valence-electron chi connectivity index (χ1n) is 8.08. The lowest BCUT2D eigenvalue weighted by Gasteiger charge is -2.32. The molecule has 0 aromatic carbocycles. The van der Waals surface area contributed by atoms with E-state index < -0.39 is 0 Å². The number of aromatic nitrogens is 1. The van der Waals surface area contributed by atoms with Crippen LogP contribution in [0.15, 0.2) is 23.4 Å². The first-order valence-corrected chi connectivity index (χ1v) is 9.30. The lowest BCUT2D eigenvalue weighted by Crippen LogP contribution is -2.42. The first kappa shape index (κ1) is 13.6. The summed E-state index contributed by atoms with van der Waals surface area (Å²) in [7, 11) is 0. The largest absolute Gasteiger partial charge is 0.349 e. The molecule has 21 heavy (non-hydrogen) atoms. The molecule has 1 amide bonds. The van der Waals surface area contributed by atoms with Crippen LogP contribution in [0.1, 0.15) is 42.5 Å². The number of hydrogen-bond donors (Lipinski definition) is 1. The minimum atomic E-state index is 0.0690. The third-order valence-electron chi connectivity index (χ3n) is 5.95. The van der Waals surface area contributed by atoms with Gasteiger partial charge in [-0.2, -0.15) is 0 Å². The quantitative estimate of drug-likeness (QED) is 0.871. The molecular weight excluding hydrogens is 280 g/mol. The molecule has 3 fully saturated rings. The van der Waals surface area contributed by atoms with Crippen molar-refractivity contribution in [1.29, 1.82) is 0 Å². The van der Waals surface area contributed by atoms with E-state index in [1.54, 1.807) is 18.0 Å². The molecule has 0 aliphatic heterocycles. The van der Waals surface area contributed by atoms with Crippen molar-refractivity contribution in [2.24, 2.45) is 23.7 Å². The number of nitrogens with zero attached hydrogens (tertiary/aromatic N) is 1. The van der Waals surface area contributed by atoms with Gasteiger partial charge < -0.3 is 5.32 Å². The van der Waals surface area contributed by atoms with Crippen LogP contribution in [-0.4, -0.2) is 23.2 Å². The second-order valence-electron chi connectivity index (χ2n) is 6.79. The third kappa shape index (κ3) is 2.19. The Morgan fingerprint density at radius 3 is 3.00 bits per heavy atom. The standard InChI is InChI=1S/C17H22N2OS/c1-21-17-13(6-3-7-18-17)16(20)19-15-9-10-8-14(15)12-5-2-4-11(10)12/h3,6-7,10-12,14-15H,2,4-5,8-9H2,1H3,(H,19,20)/t10-,11+,12-,14+,15-/m1/s1. The Morgan fingerprint density at radius 1 is 1.29 bits per heavy atom. The van der Waals surface area contributed by atoms with Crippen LogP contribution in [0, 0.1) is 23.7 Å². The zero-order valence-electron chi connectivity index (χ0n) is 12.4. The minimum Gasteiger partial charge on any atom is -0.349 e. The molecule has 1 aromatic rings. The predicted molar refractivity (Wildman–Crippen MR) is 84.3 cm³/mol. The number of thioether (sulfide) groups is 1. The summed E-state index contributed by atoms with van der Waals surface area (Å²) < 4.78 is 0. The maximum Gasteiger partial charge on any atom is 0.254 e. The van der Waals surface area contributed by atoms with Gasteiger partial charge in [0.2, 0.25) is 0 Å². The molecule has 1 aromatic heterocycles. The zero-order chi connectivity index (χ0) is 14.4. The molecule has 1 N–H and O–H groups in total. The normalized spacial score (nSPS) is 36.7. The molecule has 2 bridgehead atoms. The van der Waals surface area contributed by atoms with E-state index in [9.17, 15) is 4.79 Å². The average Bonchev–Trinajstić information content (AvgIpc) is 3.19. The van der Waals surface area contributed by atoms with Crippen molar-refractivity contribution in [2.45, 2.75) is 43.2 Å². The van der Waals surface area contributed by atoms with Crippen LogP contribution >= 0.6 is 11.8 Å². The Balaban J connectivity index is 1.48. The van der Waals surface area contributed by atoms with E-state index in [0.717, 1.165) is 34.3 Å². The Hall–Kier alpha value is -1.03. The molecule has 4 rings (SSSR count). The molecule has 0 spiro atoms. The summed E-state index contributed by atoms with van der Waals surface area (Å²) in [6.07, 6.45) is 10.5. The maximum atomic E-state index is 12.6. The van der Waals surface area contributed by atoms with Gasteiger partial charge in [-0.1, -0.05) is 6.42 Å². The Labute approximate surface area is 130 Å². The summed E-state index contributed by atoms with van der Waals surface area (Å²) >= 11 is 1.54. The van der Waals surface area contributed by atoms with Crippen molar-refractivity contribution in [3.63, 3.8) is 0 Å². The van der Waals surface area contributed by atoms with Gasteiger partial charge in [0, 0.05) is 12.2 Å². The second-order valence-corrected chi connectivity index (χ2v) is 7.59. The van der Waals surface area contributed by atoms with E-state index in [0.29, 0.717) is 6.04 Å². The van der Waals surface area contributed by atoms with E-state index in [-0.39, 0.29) is 5.91 Å². The smallest absolute Gasteiger partial charge is 0.254 e. The van der Waals surface area contributed by atoms with Gasteiger partial charge in [-0.15, -0.1) is 11.8 Å². The molecule has 4 heteroatoms. The highest BCUT2D eigenvalue weighted by Crippen LogP contribution is 2.58. The van der Waals surface area contributed by atoms with Gasteiger partial charge in [0.1, 0.15) is 5.03 Å². The van der Waals surface area contributed by atoms with Crippen LogP contribution in [0.3, 0.4) is 0 Å². The molecule has 0 radical (unpaired) electrons. The average molecular weight is 302 g/mol. The minimum absolute atomic E-state index is 0.0690. The number of nitrogens with one attached hydrogen (secondary N) is 1. The predicted octanol–water partition coefficient (Wildman–Crippen LogP) is 3.36. The highest BCUT2D eigenvalue weighted by Gasteiger charge is 2.54. The van der Waals surface area contributed by atoms with Crippen LogP contribution in [0.4, 0.5) is 0 Å². The van der Waals surface area contributed by atoms with Crippen LogP contribution in [-0.2, 0) is 0 Å². The van der Waals surface area contributed by atoms with Crippen molar-refractivity contribution in [3.8, 4) is 0 Å². The topological polar surface area (TPSA) is 42.0 Å². The van der Waals surface area contributed by atoms with E-state index in [1.807, 2.05) is 18.4 Å². The van der Waals surface area contributed by atoms with E-state index in [1.165, 1.54) is 32.1 Å². The number of carbonyl (C=O) groups excluding carboxylic acids is 1. The molecule has 1 heterocycles. The number of hydrogen-bond acceptors (Lipinski definition) is 3. The SMILES string of the molecule is CSc1ncccc1C(=O)N[C@@H]1C[C@H]2C[C@H]1[C@@H]1CCC[C@@H]21. The summed E-state index contributed by atoms with van der Waals surface area (Å²) in [6.45, 7) is 0. The molecule has 3 saturated carbocycles. The summed E-state index contributed by atoms with van der Waals surface area (Å²) in [6, 6.07) is 4.14. The van der Waals surface area contributed by atoms with Crippen molar-refractivity contribution < 1.29 is 4.79 Å². The number of rotatable bonds is 3. The molecule has 3 aliphatic carbocycles. The fourth-order valence-corrected chi connectivity index (χ4v) is 5.75. The van der Waals surface area contributed by atoms with Crippen molar-refractivity contribution in [1.82, 2.24) is 10.3 Å². The number of carbonyl (C=O) groups is 1. The Bertz CT molecular complexity index is 561. The molecule has 3 nitrogen and oxygen atoms in total. The van der Waals surface area contributed by atoms with E-state index in [2.05, 4.69) is 10.3 Å². The van der Waals surface area contributed by atoms with E-state index >= 15 is 0 Å². The number of pyridine rings is 1. The molecule has 5 atom stereocenters. The van der Waals surface area contributed by atoms with Crippen molar-refractivity contribution >= 4 is 17.7 Å². The maximum absolute atomic E-state index is 12.6. The van der Waals surface area contributed by atoms with E-state index in [4.69, 9.17) is 0 Å².